The molecule has 0 radical (unpaired) electrons. The van der Waals surface area contributed by atoms with Gasteiger partial charge in [0, 0.05) is 31.0 Å². The number of halogens is 2. The van der Waals surface area contributed by atoms with Crippen LogP contribution in [0.1, 0.15) is 30.0 Å². The fourth-order valence-electron chi connectivity index (χ4n) is 3.55. The molecule has 23 heavy (non-hydrogen) atoms. The maximum absolute atomic E-state index is 10.2. The van der Waals surface area contributed by atoms with Crippen LogP contribution in [0.5, 0.6) is 5.75 Å². The Morgan fingerprint density at radius 1 is 1.30 bits per heavy atom. The van der Waals surface area contributed by atoms with E-state index in [4.69, 9.17) is 35.4 Å². The standard InChI is InChI=1S/C16H15Cl2N3OS/c17-10-3-4-13(22)15(16(10)18)9-6-14(23)20(8-9)12-7-19-21-5-1-2-11(12)21/h3-4,7,9,22H,1-2,5-6,8H2/t9-/m0/s1. The first-order valence-corrected chi connectivity index (χ1v) is 8.74. The van der Waals surface area contributed by atoms with Crippen molar-refractivity contribution in [1.29, 1.82) is 0 Å². The molecule has 2 aliphatic heterocycles. The molecule has 0 bridgehead atoms. The Morgan fingerprint density at radius 3 is 2.96 bits per heavy atom. The summed E-state index contributed by atoms with van der Waals surface area (Å²) in [6.07, 6.45) is 4.72. The molecule has 0 saturated carbocycles. The Hall–Kier alpha value is -1.30. The second-order valence-corrected chi connectivity index (χ2v) is 7.26. The van der Waals surface area contributed by atoms with E-state index in [9.17, 15) is 5.11 Å². The molecule has 1 atom stereocenters. The van der Waals surface area contributed by atoms with E-state index in [0.717, 1.165) is 30.1 Å². The molecule has 7 heteroatoms. The lowest BCUT2D eigenvalue weighted by molar-refractivity contribution is 0.463. The number of fused-ring (bicyclic) bond motifs is 1. The molecule has 2 aliphatic rings. The number of rotatable bonds is 2. The molecule has 0 spiro atoms. The lowest BCUT2D eigenvalue weighted by atomic mass is 9.97. The molecule has 2 aromatic rings. The van der Waals surface area contributed by atoms with Crippen LogP contribution in [-0.2, 0) is 13.0 Å². The van der Waals surface area contributed by atoms with Crippen LogP contribution in [0.3, 0.4) is 0 Å². The van der Waals surface area contributed by atoms with Crippen molar-refractivity contribution in [3.63, 3.8) is 0 Å². The Kier molecular flexibility index (Phi) is 3.75. The molecule has 4 nitrogen and oxygen atoms in total. The largest absolute Gasteiger partial charge is 0.508 e. The van der Waals surface area contributed by atoms with E-state index in [0.29, 0.717) is 28.6 Å². The van der Waals surface area contributed by atoms with Gasteiger partial charge in [-0.3, -0.25) is 4.68 Å². The number of hydrogen-bond donors (Lipinski definition) is 1. The van der Waals surface area contributed by atoms with Crippen LogP contribution in [0.15, 0.2) is 18.3 Å². The number of thiocarbonyl (C=S) groups is 1. The fourth-order valence-corrected chi connectivity index (χ4v) is 4.40. The van der Waals surface area contributed by atoms with Gasteiger partial charge < -0.3 is 10.0 Å². The summed E-state index contributed by atoms with van der Waals surface area (Å²) in [5, 5.41) is 15.5. The third kappa shape index (κ3) is 2.42. The zero-order chi connectivity index (χ0) is 16.1. The average Bonchev–Trinajstić information content (AvgIpc) is 3.19. The number of aromatic nitrogens is 2. The smallest absolute Gasteiger partial charge is 0.120 e. The fraction of sp³-hybridized carbons (Fsp3) is 0.375. The molecule has 1 saturated heterocycles. The van der Waals surface area contributed by atoms with E-state index in [2.05, 4.69) is 14.7 Å². The first-order chi connectivity index (χ1) is 11.1. The number of aromatic hydroxyl groups is 1. The lowest BCUT2D eigenvalue weighted by Crippen LogP contribution is -2.23. The van der Waals surface area contributed by atoms with Crippen molar-refractivity contribution < 1.29 is 5.11 Å². The maximum Gasteiger partial charge on any atom is 0.120 e. The number of aryl methyl sites for hydroxylation is 1. The van der Waals surface area contributed by atoms with E-state index in [-0.39, 0.29) is 11.7 Å². The monoisotopic (exact) mass is 367 g/mol. The van der Waals surface area contributed by atoms with E-state index in [1.807, 2.05) is 6.20 Å². The first-order valence-electron chi connectivity index (χ1n) is 7.58. The Morgan fingerprint density at radius 2 is 2.13 bits per heavy atom. The van der Waals surface area contributed by atoms with E-state index < -0.39 is 0 Å². The van der Waals surface area contributed by atoms with Gasteiger partial charge in [-0.2, -0.15) is 5.10 Å². The van der Waals surface area contributed by atoms with Crippen LogP contribution in [0.2, 0.25) is 10.0 Å². The highest BCUT2D eigenvalue weighted by Gasteiger charge is 2.34. The van der Waals surface area contributed by atoms with Crippen LogP contribution in [0.4, 0.5) is 5.69 Å². The van der Waals surface area contributed by atoms with Gasteiger partial charge in [-0.25, -0.2) is 0 Å². The minimum absolute atomic E-state index is 0.0330. The molecule has 120 valence electrons. The molecule has 3 heterocycles. The summed E-state index contributed by atoms with van der Waals surface area (Å²) >= 11 is 18.0. The van der Waals surface area contributed by atoms with Crippen molar-refractivity contribution >= 4 is 46.1 Å². The molecule has 1 aromatic heterocycles. The van der Waals surface area contributed by atoms with Crippen molar-refractivity contribution in [2.24, 2.45) is 0 Å². The predicted molar refractivity (Wildman–Crippen MR) is 96.0 cm³/mol. The summed E-state index contributed by atoms with van der Waals surface area (Å²) in [7, 11) is 0. The SMILES string of the molecule is Oc1ccc(Cl)c(Cl)c1[C@H]1CC(=S)N(c2cnn3c2CCC3)C1. The molecular formula is C16H15Cl2N3OS. The Labute approximate surface area is 149 Å². The summed E-state index contributed by atoms with van der Waals surface area (Å²) in [5.41, 5.74) is 3.02. The van der Waals surface area contributed by atoms with Crippen LogP contribution < -0.4 is 4.90 Å². The Bertz CT molecular complexity index is 805. The van der Waals surface area contributed by atoms with Gasteiger partial charge >= 0.3 is 0 Å². The van der Waals surface area contributed by atoms with Gasteiger partial charge in [0.2, 0.25) is 0 Å². The third-order valence-corrected chi connectivity index (χ3v) is 5.85. The minimum atomic E-state index is 0.0330. The molecule has 1 aromatic carbocycles. The normalized spacial score (nSPS) is 20.3. The van der Waals surface area contributed by atoms with Gasteiger partial charge in [-0.05, 0) is 25.0 Å². The first kappa shape index (κ1) is 15.2. The highest BCUT2D eigenvalue weighted by atomic mass is 35.5. The predicted octanol–water partition coefficient (Wildman–Crippen LogP) is 4.16. The highest BCUT2D eigenvalue weighted by molar-refractivity contribution is 7.80. The van der Waals surface area contributed by atoms with Crippen molar-refractivity contribution in [3.8, 4) is 5.75 Å². The molecular weight excluding hydrogens is 353 g/mol. The summed E-state index contributed by atoms with van der Waals surface area (Å²) in [6.45, 7) is 1.66. The zero-order valence-electron chi connectivity index (χ0n) is 12.3. The quantitative estimate of drug-likeness (QED) is 0.809. The lowest BCUT2D eigenvalue weighted by Gasteiger charge is -2.19. The number of benzene rings is 1. The molecule has 1 fully saturated rings. The second-order valence-electron chi connectivity index (χ2n) is 6.00. The minimum Gasteiger partial charge on any atom is -0.508 e. The molecule has 0 amide bonds. The molecule has 0 unspecified atom stereocenters. The van der Waals surface area contributed by atoms with Crippen molar-refractivity contribution in [1.82, 2.24) is 9.78 Å². The third-order valence-electron chi connectivity index (χ3n) is 4.64. The van der Waals surface area contributed by atoms with Gasteiger partial charge in [0.25, 0.3) is 0 Å². The van der Waals surface area contributed by atoms with Gasteiger partial charge in [0.15, 0.2) is 0 Å². The van der Waals surface area contributed by atoms with Gasteiger partial charge in [0.1, 0.15) is 5.75 Å². The number of anilines is 1. The summed E-state index contributed by atoms with van der Waals surface area (Å²) in [4.78, 5) is 2.98. The zero-order valence-corrected chi connectivity index (χ0v) is 14.6. The molecule has 1 N–H and O–H groups in total. The maximum atomic E-state index is 10.2. The number of hydrogen-bond acceptors (Lipinski definition) is 3. The van der Waals surface area contributed by atoms with Crippen molar-refractivity contribution in [2.45, 2.75) is 31.7 Å². The van der Waals surface area contributed by atoms with Gasteiger partial charge in [0.05, 0.1) is 32.6 Å². The van der Waals surface area contributed by atoms with Crippen LogP contribution in [0, 0.1) is 0 Å². The molecule has 0 aliphatic carbocycles. The second kappa shape index (κ2) is 5.65. The van der Waals surface area contributed by atoms with Gasteiger partial charge in [-0.1, -0.05) is 35.4 Å². The van der Waals surface area contributed by atoms with E-state index in [1.54, 1.807) is 12.1 Å². The van der Waals surface area contributed by atoms with Crippen molar-refractivity contribution in [3.05, 3.63) is 39.6 Å². The van der Waals surface area contributed by atoms with Crippen molar-refractivity contribution in [2.75, 3.05) is 11.4 Å². The molecule has 4 rings (SSSR count). The summed E-state index contributed by atoms with van der Waals surface area (Å²) in [6, 6.07) is 3.20. The number of phenols is 1. The van der Waals surface area contributed by atoms with Crippen LogP contribution in [0.25, 0.3) is 0 Å². The van der Waals surface area contributed by atoms with Crippen LogP contribution in [-0.4, -0.2) is 26.4 Å². The van der Waals surface area contributed by atoms with Crippen LogP contribution >= 0.6 is 35.4 Å². The topological polar surface area (TPSA) is 41.3 Å². The number of phenolic OH excluding ortho intramolecular Hbond substituents is 1. The Balaban J connectivity index is 1.68. The average molecular weight is 368 g/mol. The van der Waals surface area contributed by atoms with Gasteiger partial charge in [-0.15, -0.1) is 0 Å². The summed E-state index contributed by atoms with van der Waals surface area (Å²) in [5.74, 6) is 0.208. The van der Waals surface area contributed by atoms with E-state index >= 15 is 0 Å². The highest BCUT2D eigenvalue weighted by Crippen LogP contribution is 2.43. The number of nitrogens with zero attached hydrogens (tertiary/aromatic N) is 3. The summed E-state index contributed by atoms with van der Waals surface area (Å²) < 4.78 is 2.05. The van der Waals surface area contributed by atoms with E-state index in [1.165, 1.54) is 5.69 Å².